The molecule has 0 unspecified atom stereocenters. The van der Waals surface area contributed by atoms with Crippen molar-refractivity contribution in [2.75, 3.05) is 6.61 Å². The van der Waals surface area contributed by atoms with Gasteiger partial charge in [-0.15, -0.1) is 0 Å². The number of halogens is 1. The molecule has 1 aromatic carbocycles. The van der Waals surface area contributed by atoms with Crippen molar-refractivity contribution in [3.63, 3.8) is 0 Å². The Morgan fingerprint density at radius 1 is 1.50 bits per heavy atom. The fraction of sp³-hybridized carbons (Fsp3) is 0.111. The van der Waals surface area contributed by atoms with Gasteiger partial charge in [-0.25, -0.2) is 4.79 Å². The normalized spacial score (nSPS) is 10.4. The van der Waals surface area contributed by atoms with Crippen LogP contribution in [0.15, 0.2) is 33.9 Å². The van der Waals surface area contributed by atoms with Crippen LogP contribution in [0.2, 0.25) is 0 Å². The Morgan fingerprint density at radius 2 is 2.14 bits per heavy atom. The van der Waals surface area contributed by atoms with Crippen LogP contribution < -0.4 is 0 Å². The Balaban J connectivity index is 2.44. The first-order chi connectivity index (χ1) is 6.68. The molecule has 0 spiro atoms. The lowest BCUT2D eigenvalue weighted by molar-refractivity contribution is -0.142. The van der Waals surface area contributed by atoms with Gasteiger partial charge in [0, 0.05) is 4.47 Å². The van der Waals surface area contributed by atoms with Gasteiger partial charge in [-0.05, 0) is 17.7 Å². The van der Waals surface area contributed by atoms with Crippen molar-refractivity contribution in [1.82, 2.24) is 0 Å². The lowest BCUT2D eigenvalue weighted by Gasteiger charge is -1.94. The first-order valence-corrected chi connectivity index (χ1v) is 4.60. The maximum atomic E-state index is 10.1. The standard InChI is InChI=1S/C9H8BrNO3/c10-8-3-1-7(2-4-8)5-11-14-6-9(12)13/h1-5H,6H2,(H,12,13)/b11-5-. The molecule has 5 heteroatoms. The summed E-state index contributed by atoms with van der Waals surface area (Å²) >= 11 is 3.29. The van der Waals surface area contributed by atoms with Gasteiger partial charge in [0.05, 0.1) is 6.21 Å². The zero-order valence-electron chi connectivity index (χ0n) is 7.18. The van der Waals surface area contributed by atoms with E-state index in [2.05, 4.69) is 25.9 Å². The maximum absolute atomic E-state index is 10.1. The first kappa shape index (κ1) is 10.7. The van der Waals surface area contributed by atoms with Crippen LogP contribution in [0.1, 0.15) is 5.56 Å². The predicted octanol–water partition coefficient (Wildman–Crippen LogP) is 1.88. The topological polar surface area (TPSA) is 58.9 Å². The molecule has 0 saturated carbocycles. The minimum atomic E-state index is -1.04. The minimum absolute atomic E-state index is 0.424. The summed E-state index contributed by atoms with van der Waals surface area (Å²) in [5.41, 5.74) is 0.846. The molecule has 1 rings (SSSR count). The third-order valence-electron chi connectivity index (χ3n) is 1.33. The number of aliphatic carboxylic acids is 1. The van der Waals surface area contributed by atoms with Crippen molar-refractivity contribution in [2.24, 2.45) is 5.16 Å². The molecule has 0 aliphatic heterocycles. The van der Waals surface area contributed by atoms with E-state index in [1.807, 2.05) is 24.3 Å². The molecule has 0 aliphatic carbocycles. The summed E-state index contributed by atoms with van der Waals surface area (Å²) in [6, 6.07) is 7.38. The Bertz CT molecular complexity index is 334. The summed E-state index contributed by atoms with van der Waals surface area (Å²) in [5.74, 6) is -1.04. The molecule has 4 nitrogen and oxygen atoms in total. The van der Waals surface area contributed by atoms with Gasteiger partial charge in [0.15, 0.2) is 0 Å². The Kier molecular flexibility index (Phi) is 4.12. The summed E-state index contributed by atoms with van der Waals surface area (Å²) in [6.45, 7) is -0.424. The Morgan fingerprint density at radius 3 is 2.71 bits per heavy atom. The van der Waals surface area contributed by atoms with Gasteiger partial charge in [0.2, 0.25) is 6.61 Å². The Labute approximate surface area is 89.3 Å². The molecule has 0 aromatic heterocycles. The van der Waals surface area contributed by atoms with Gasteiger partial charge < -0.3 is 9.94 Å². The summed E-state index contributed by atoms with van der Waals surface area (Å²) < 4.78 is 0.973. The summed E-state index contributed by atoms with van der Waals surface area (Å²) in [6.07, 6.45) is 1.45. The highest BCUT2D eigenvalue weighted by Gasteiger charge is 1.93. The van der Waals surface area contributed by atoms with Gasteiger partial charge in [-0.2, -0.15) is 0 Å². The second-order valence-corrected chi connectivity index (χ2v) is 3.37. The first-order valence-electron chi connectivity index (χ1n) is 3.81. The van der Waals surface area contributed by atoms with E-state index < -0.39 is 12.6 Å². The molecule has 14 heavy (non-hydrogen) atoms. The van der Waals surface area contributed by atoms with Gasteiger partial charge in [-0.3, -0.25) is 0 Å². The Hall–Kier alpha value is -1.36. The summed E-state index contributed by atoms with van der Waals surface area (Å²) in [7, 11) is 0. The monoisotopic (exact) mass is 257 g/mol. The van der Waals surface area contributed by atoms with Gasteiger partial charge in [0.25, 0.3) is 0 Å². The number of hydrogen-bond donors (Lipinski definition) is 1. The van der Waals surface area contributed by atoms with Crippen LogP contribution in [0.25, 0.3) is 0 Å². The highest BCUT2D eigenvalue weighted by atomic mass is 79.9. The van der Waals surface area contributed by atoms with Crippen molar-refractivity contribution in [1.29, 1.82) is 0 Å². The molecule has 0 aliphatic rings. The highest BCUT2D eigenvalue weighted by Crippen LogP contribution is 2.08. The molecular weight excluding hydrogens is 250 g/mol. The molecule has 0 heterocycles. The molecule has 0 atom stereocenters. The maximum Gasteiger partial charge on any atom is 0.344 e. The van der Waals surface area contributed by atoms with Crippen LogP contribution >= 0.6 is 15.9 Å². The fourth-order valence-electron chi connectivity index (χ4n) is 0.739. The number of carboxylic acid groups (broad SMARTS) is 1. The van der Waals surface area contributed by atoms with E-state index in [0.717, 1.165) is 10.0 Å². The molecule has 0 radical (unpaired) electrons. The third kappa shape index (κ3) is 4.04. The van der Waals surface area contributed by atoms with Gasteiger partial charge in [0.1, 0.15) is 0 Å². The number of nitrogens with zero attached hydrogens (tertiary/aromatic N) is 1. The number of benzene rings is 1. The molecular formula is C9H8BrNO3. The zero-order valence-corrected chi connectivity index (χ0v) is 8.77. The van der Waals surface area contributed by atoms with E-state index in [1.54, 1.807) is 0 Å². The molecule has 74 valence electrons. The second-order valence-electron chi connectivity index (χ2n) is 2.45. The van der Waals surface area contributed by atoms with E-state index in [0.29, 0.717) is 0 Å². The average molecular weight is 258 g/mol. The molecule has 0 bridgehead atoms. The minimum Gasteiger partial charge on any atom is -0.479 e. The van der Waals surface area contributed by atoms with Crippen molar-refractivity contribution >= 4 is 28.1 Å². The number of hydrogen-bond acceptors (Lipinski definition) is 3. The van der Waals surface area contributed by atoms with Crippen LogP contribution in [0.3, 0.4) is 0 Å². The number of oxime groups is 1. The number of carboxylic acids is 1. The van der Waals surface area contributed by atoms with Crippen LogP contribution in [-0.2, 0) is 9.63 Å². The van der Waals surface area contributed by atoms with E-state index in [-0.39, 0.29) is 0 Å². The quantitative estimate of drug-likeness (QED) is 0.662. The largest absolute Gasteiger partial charge is 0.479 e. The molecule has 0 amide bonds. The second kappa shape index (κ2) is 5.39. The van der Waals surface area contributed by atoms with Crippen molar-refractivity contribution in [2.45, 2.75) is 0 Å². The van der Waals surface area contributed by atoms with Crippen LogP contribution in [0, 0.1) is 0 Å². The summed E-state index contributed by atoms with van der Waals surface area (Å²) in [4.78, 5) is 14.5. The number of carbonyl (C=O) groups is 1. The van der Waals surface area contributed by atoms with E-state index >= 15 is 0 Å². The van der Waals surface area contributed by atoms with Crippen molar-refractivity contribution < 1.29 is 14.7 Å². The lowest BCUT2D eigenvalue weighted by Crippen LogP contribution is -2.03. The lowest BCUT2D eigenvalue weighted by atomic mass is 10.2. The summed E-state index contributed by atoms with van der Waals surface area (Å²) in [5, 5.41) is 11.7. The van der Waals surface area contributed by atoms with E-state index in [9.17, 15) is 4.79 Å². The zero-order chi connectivity index (χ0) is 10.4. The fourth-order valence-corrected chi connectivity index (χ4v) is 1.00. The number of rotatable bonds is 4. The highest BCUT2D eigenvalue weighted by molar-refractivity contribution is 9.10. The van der Waals surface area contributed by atoms with Crippen LogP contribution in [-0.4, -0.2) is 23.9 Å². The predicted molar refractivity (Wildman–Crippen MR) is 55.3 cm³/mol. The van der Waals surface area contributed by atoms with Crippen LogP contribution in [0.5, 0.6) is 0 Å². The molecule has 0 fully saturated rings. The molecule has 1 aromatic rings. The van der Waals surface area contributed by atoms with Crippen molar-refractivity contribution in [3.8, 4) is 0 Å². The smallest absolute Gasteiger partial charge is 0.344 e. The van der Waals surface area contributed by atoms with Gasteiger partial charge in [-0.1, -0.05) is 33.2 Å². The van der Waals surface area contributed by atoms with Gasteiger partial charge >= 0.3 is 5.97 Å². The van der Waals surface area contributed by atoms with Crippen LogP contribution in [0.4, 0.5) is 0 Å². The van der Waals surface area contributed by atoms with E-state index in [1.165, 1.54) is 6.21 Å². The third-order valence-corrected chi connectivity index (χ3v) is 1.86. The SMILES string of the molecule is O=C(O)CO/N=C\c1ccc(Br)cc1. The molecule has 0 saturated heterocycles. The van der Waals surface area contributed by atoms with E-state index in [4.69, 9.17) is 5.11 Å². The average Bonchev–Trinajstić information content (AvgIpc) is 2.15. The molecule has 1 N–H and O–H groups in total. The van der Waals surface area contributed by atoms with Crippen molar-refractivity contribution in [3.05, 3.63) is 34.3 Å².